The highest BCUT2D eigenvalue weighted by atomic mass is 16.5. The number of carbonyl (C=O) groups excluding carboxylic acids is 1. The van der Waals surface area contributed by atoms with Crippen molar-refractivity contribution in [3.8, 4) is 28.5 Å². The second kappa shape index (κ2) is 10.6. The zero-order valence-electron chi connectivity index (χ0n) is 21.6. The predicted octanol–water partition coefficient (Wildman–Crippen LogP) is 4.76. The molecule has 0 spiro atoms. The minimum atomic E-state index is -0.466. The Balaban J connectivity index is 1.81. The molecule has 8 heteroatoms. The van der Waals surface area contributed by atoms with Crippen LogP contribution in [-0.2, 0) is 0 Å². The Kier molecular flexibility index (Phi) is 7.54. The molecule has 8 nitrogen and oxygen atoms in total. The second-order valence-electron chi connectivity index (χ2n) is 9.76. The first kappa shape index (κ1) is 25.6. The number of fused-ring (bicyclic) bond motifs is 1. The van der Waals surface area contributed by atoms with Crippen molar-refractivity contribution in [2.45, 2.75) is 46.6 Å². The first-order valence-corrected chi connectivity index (χ1v) is 12.4. The molecule has 3 aromatic rings. The van der Waals surface area contributed by atoms with E-state index in [1.165, 1.54) is 0 Å². The van der Waals surface area contributed by atoms with Crippen LogP contribution in [0.25, 0.3) is 11.3 Å². The molecular weight excluding hydrogens is 458 g/mol. The number of phenolic OH excluding ortho intramolecular Hbond substituents is 1. The van der Waals surface area contributed by atoms with Crippen LogP contribution in [0.4, 0.5) is 0 Å². The lowest BCUT2D eigenvalue weighted by atomic mass is 9.93. The molecule has 1 aromatic heterocycles. The summed E-state index contributed by atoms with van der Waals surface area (Å²) in [6.07, 6.45) is 1.37. The number of rotatable bonds is 10. The topological polar surface area (TPSA) is 108 Å². The Morgan fingerprint density at radius 3 is 2.61 bits per heavy atom. The van der Waals surface area contributed by atoms with Gasteiger partial charge in [-0.3, -0.25) is 9.89 Å². The summed E-state index contributed by atoms with van der Waals surface area (Å²) < 4.78 is 11.6. The van der Waals surface area contributed by atoms with E-state index in [2.05, 4.69) is 24.0 Å². The lowest BCUT2D eigenvalue weighted by Gasteiger charge is -2.27. The van der Waals surface area contributed by atoms with E-state index in [1.807, 2.05) is 38.1 Å². The van der Waals surface area contributed by atoms with Crippen LogP contribution in [0.15, 0.2) is 30.3 Å². The fraction of sp³-hybridized carbons (Fsp3) is 0.429. The monoisotopic (exact) mass is 493 g/mol. The van der Waals surface area contributed by atoms with Crippen molar-refractivity contribution in [3.63, 3.8) is 0 Å². The number of aliphatic hydroxyl groups excluding tert-OH is 1. The van der Waals surface area contributed by atoms with Crippen molar-refractivity contribution < 1.29 is 24.5 Å². The number of aromatic hydroxyl groups is 1. The predicted molar refractivity (Wildman–Crippen MR) is 138 cm³/mol. The fourth-order valence-corrected chi connectivity index (χ4v) is 4.84. The van der Waals surface area contributed by atoms with Crippen molar-refractivity contribution in [1.29, 1.82) is 0 Å². The molecule has 1 aliphatic rings. The van der Waals surface area contributed by atoms with Gasteiger partial charge in [-0.05, 0) is 67.5 Å². The lowest BCUT2D eigenvalue weighted by molar-refractivity contribution is 0.0732. The van der Waals surface area contributed by atoms with E-state index < -0.39 is 6.04 Å². The number of nitrogens with one attached hydrogen (secondary N) is 1. The molecule has 0 saturated carbocycles. The highest BCUT2D eigenvalue weighted by Crippen LogP contribution is 2.46. The van der Waals surface area contributed by atoms with Gasteiger partial charge in [-0.25, -0.2) is 0 Å². The number of aromatic amines is 1. The quantitative estimate of drug-likeness (QED) is 0.376. The maximum absolute atomic E-state index is 13.4. The van der Waals surface area contributed by atoms with Crippen LogP contribution in [0.2, 0.25) is 0 Å². The third kappa shape index (κ3) is 4.78. The Morgan fingerprint density at radius 1 is 1.17 bits per heavy atom. The van der Waals surface area contributed by atoms with Gasteiger partial charge in [0.05, 0.1) is 19.8 Å². The molecule has 4 rings (SSSR count). The summed E-state index contributed by atoms with van der Waals surface area (Å²) >= 11 is 0. The number of phenols is 1. The number of ether oxygens (including phenoxy) is 2. The summed E-state index contributed by atoms with van der Waals surface area (Å²) in [6.45, 7) is 9.07. The van der Waals surface area contributed by atoms with Crippen molar-refractivity contribution in [2.24, 2.45) is 5.92 Å². The summed E-state index contributed by atoms with van der Waals surface area (Å²) in [5.41, 5.74) is 4.88. The normalized spacial score (nSPS) is 15.0. The molecule has 0 saturated heterocycles. The third-order valence-corrected chi connectivity index (χ3v) is 6.57. The number of hydrogen-bond acceptors (Lipinski definition) is 6. The molecular formula is C28H35N3O5. The average Bonchev–Trinajstić information content (AvgIpc) is 3.36. The van der Waals surface area contributed by atoms with E-state index in [4.69, 9.17) is 9.47 Å². The summed E-state index contributed by atoms with van der Waals surface area (Å²) in [6, 6.07) is 8.91. The maximum atomic E-state index is 13.4. The molecule has 1 aliphatic heterocycles. The van der Waals surface area contributed by atoms with Gasteiger partial charge in [0.2, 0.25) is 0 Å². The minimum Gasteiger partial charge on any atom is -0.507 e. The molecule has 0 bridgehead atoms. The first-order valence-electron chi connectivity index (χ1n) is 12.4. The maximum Gasteiger partial charge on any atom is 0.273 e. The number of nitrogens with zero attached hydrogens (tertiary/aromatic N) is 2. The smallest absolute Gasteiger partial charge is 0.273 e. The van der Waals surface area contributed by atoms with Gasteiger partial charge in [-0.1, -0.05) is 26.0 Å². The molecule has 0 aliphatic carbocycles. The van der Waals surface area contributed by atoms with Gasteiger partial charge >= 0.3 is 0 Å². The lowest BCUT2D eigenvalue weighted by Crippen LogP contribution is -2.31. The first-order chi connectivity index (χ1) is 17.3. The number of aromatic nitrogens is 2. The van der Waals surface area contributed by atoms with E-state index in [1.54, 1.807) is 18.1 Å². The number of benzene rings is 2. The number of amides is 1. The second-order valence-corrected chi connectivity index (χ2v) is 9.76. The minimum absolute atomic E-state index is 0.0284. The summed E-state index contributed by atoms with van der Waals surface area (Å²) in [5, 5.41) is 27.7. The van der Waals surface area contributed by atoms with Crippen LogP contribution in [-0.4, -0.2) is 58.1 Å². The van der Waals surface area contributed by atoms with Crippen molar-refractivity contribution in [3.05, 3.63) is 58.3 Å². The molecule has 1 unspecified atom stereocenters. The Morgan fingerprint density at radius 2 is 1.94 bits per heavy atom. The Labute approximate surface area is 211 Å². The molecule has 0 radical (unpaired) electrons. The van der Waals surface area contributed by atoms with Crippen LogP contribution in [0.5, 0.6) is 17.2 Å². The highest BCUT2D eigenvalue weighted by molar-refractivity contribution is 6.00. The third-order valence-electron chi connectivity index (χ3n) is 6.57. The number of aryl methyl sites for hydroxylation is 2. The number of H-pyrrole nitrogens is 1. The fourth-order valence-electron chi connectivity index (χ4n) is 4.84. The van der Waals surface area contributed by atoms with Crippen LogP contribution in [0.1, 0.15) is 65.5 Å². The average molecular weight is 494 g/mol. The van der Waals surface area contributed by atoms with E-state index >= 15 is 0 Å². The SMILES string of the molecule is COc1cc(C2c3c(-c4c(C)cc(C)cc4O)n[nH]c3C(=O)N2CCCO)ccc1OCCC(C)C. The summed E-state index contributed by atoms with van der Waals surface area (Å²) in [5.74, 6) is 1.68. The van der Waals surface area contributed by atoms with Crippen molar-refractivity contribution in [1.82, 2.24) is 15.1 Å². The van der Waals surface area contributed by atoms with E-state index in [0.29, 0.717) is 59.5 Å². The Bertz CT molecular complexity index is 1230. The van der Waals surface area contributed by atoms with Crippen LogP contribution < -0.4 is 9.47 Å². The molecule has 2 heterocycles. The molecule has 1 amide bonds. The van der Waals surface area contributed by atoms with Gasteiger partial charge in [-0.15, -0.1) is 0 Å². The molecule has 192 valence electrons. The summed E-state index contributed by atoms with van der Waals surface area (Å²) in [4.78, 5) is 15.2. The van der Waals surface area contributed by atoms with E-state index in [0.717, 1.165) is 23.1 Å². The number of methoxy groups -OCH3 is 1. The molecule has 3 N–H and O–H groups in total. The zero-order chi connectivity index (χ0) is 26.0. The zero-order valence-corrected chi connectivity index (χ0v) is 21.6. The van der Waals surface area contributed by atoms with Crippen LogP contribution >= 0.6 is 0 Å². The van der Waals surface area contributed by atoms with Gasteiger partial charge in [0.25, 0.3) is 5.91 Å². The van der Waals surface area contributed by atoms with Crippen molar-refractivity contribution in [2.75, 3.05) is 26.9 Å². The largest absolute Gasteiger partial charge is 0.507 e. The van der Waals surface area contributed by atoms with E-state index in [-0.39, 0.29) is 18.3 Å². The molecule has 0 fully saturated rings. The van der Waals surface area contributed by atoms with E-state index in [9.17, 15) is 15.0 Å². The van der Waals surface area contributed by atoms with Crippen LogP contribution in [0, 0.1) is 19.8 Å². The van der Waals surface area contributed by atoms with Crippen LogP contribution in [0.3, 0.4) is 0 Å². The molecule has 2 aromatic carbocycles. The van der Waals surface area contributed by atoms with Gasteiger partial charge in [0.15, 0.2) is 11.5 Å². The Hall–Kier alpha value is -3.52. The van der Waals surface area contributed by atoms with Crippen molar-refractivity contribution >= 4 is 5.91 Å². The van der Waals surface area contributed by atoms with Gasteiger partial charge in [-0.2, -0.15) is 5.10 Å². The molecule has 1 atom stereocenters. The standard InChI is InChI=1S/C28H35N3O5/c1-16(2)9-12-36-21-8-7-19(15-22(21)35-5)27-24-25(23-18(4)13-17(3)14-20(23)33)29-30-26(24)28(34)31(27)10-6-11-32/h7-8,13-16,27,32-33H,6,9-12H2,1-5H3,(H,29,30). The molecule has 36 heavy (non-hydrogen) atoms. The number of carbonyl (C=O) groups is 1. The number of hydrogen-bond donors (Lipinski definition) is 3. The highest BCUT2D eigenvalue weighted by Gasteiger charge is 2.42. The summed E-state index contributed by atoms with van der Waals surface area (Å²) in [7, 11) is 1.60. The number of aliphatic hydroxyl groups is 1. The van der Waals surface area contributed by atoms with Gasteiger partial charge < -0.3 is 24.6 Å². The van der Waals surface area contributed by atoms with Gasteiger partial charge in [0.1, 0.15) is 17.1 Å². The van der Waals surface area contributed by atoms with Gasteiger partial charge in [0, 0.05) is 24.3 Å².